The molecule has 0 fully saturated rings. The average molecular weight is 435 g/mol. The molecule has 5 nitrogen and oxygen atoms in total. The first-order valence-electron chi connectivity index (χ1n) is 9.92. The van der Waals surface area contributed by atoms with Crippen LogP contribution in [0.5, 0.6) is 0 Å². The van der Waals surface area contributed by atoms with E-state index in [0.717, 1.165) is 12.1 Å². The zero-order chi connectivity index (χ0) is 21.3. The molecular weight excluding hydrogens is 403 g/mol. The Morgan fingerprint density at radius 3 is 2.28 bits per heavy atom. The molecule has 0 aliphatic rings. The topological polar surface area (TPSA) is 50.8 Å². The number of benzene rings is 2. The van der Waals surface area contributed by atoms with E-state index in [1.807, 2.05) is 43.0 Å². The Balaban J connectivity index is 2.18. The van der Waals surface area contributed by atoms with E-state index in [4.69, 9.17) is 21.3 Å². The van der Waals surface area contributed by atoms with Crippen molar-refractivity contribution in [1.82, 2.24) is 4.90 Å². The lowest BCUT2D eigenvalue weighted by atomic mass is 10.1. The molecule has 0 heterocycles. The van der Waals surface area contributed by atoms with Gasteiger partial charge in [-0.25, -0.2) is 0 Å². The van der Waals surface area contributed by atoms with Gasteiger partial charge in [-0.3, -0.25) is 4.57 Å². The molecule has 0 saturated heterocycles. The lowest BCUT2D eigenvalue weighted by molar-refractivity contribution is 0.210. The Bertz CT molecular complexity index is 835. The van der Waals surface area contributed by atoms with Crippen molar-refractivity contribution < 1.29 is 13.6 Å². The molecule has 0 aromatic heterocycles. The maximum Gasteiger partial charge on any atom is 0.349 e. The number of hydrogen-bond acceptors (Lipinski definition) is 4. The van der Waals surface area contributed by atoms with E-state index in [1.165, 1.54) is 16.7 Å². The average Bonchev–Trinajstić information content (AvgIpc) is 2.69. The predicted molar refractivity (Wildman–Crippen MR) is 125 cm³/mol. The summed E-state index contributed by atoms with van der Waals surface area (Å²) in [5.74, 6) is 0. The maximum absolute atomic E-state index is 13.1. The molecule has 0 aliphatic heterocycles. The second-order valence-corrected chi connectivity index (χ2v) is 9.22. The van der Waals surface area contributed by atoms with Crippen LogP contribution in [0.25, 0.3) is 0 Å². The fourth-order valence-corrected chi connectivity index (χ4v) is 4.98. The Morgan fingerprint density at radius 1 is 1.03 bits per heavy atom. The van der Waals surface area contributed by atoms with Crippen molar-refractivity contribution in [1.29, 1.82) is 0 Å². The van der Waals surface area contributed by atoms with Crippen molar-refractivity contribution in [2.75, 3.05) is 31.4 Å². The van der Waals surface area contributed by atoms with E-state index in [1.54, 1.807) is 0 Å². The summed E-state index contributed by atoms with van der Waals surface area (Å²) in [5.41, 5.74) is 4.50. The van der Waals surface area contributed by atoms with Crippen LogP contribution in [0.15, 0.2) is 48.5 Å². The molecule has 2 rings (SSSR count). The molecule has 0 unspecified atom stereocenters. The Morgan fingerprint density at radius 2 is 1.69 bits per heavy atom. The molecule has 1 N–H and O–H groups in total. The second-order valence-electron chi connectivity index (χ2n) is 6.82. The van der Waals surface area contributed by atoms with Crippen LogP contribution in [0.2, 0.25) is 0 Å². The highest BCUT2D eigenvalue weighted by Gasteiger charge is 2.28. The number of nitrogens with zero attached hydrogens (tertiary/aromatic N) is 1. The quantitative estimate of drug-likeness (QED) is 0.379. The zero-order valence-corrected chi connectivity index (χ0v) is 19.4. The summed E-state index contributed by atoms with van der Waals surface area (Å²) in [6.07, 6.45) is 0.881. The summed E-state index contributed by atoms with van der Waals surface area (Å²) in [5, 5.41) is 3.78. The molecule has 158 valence electrons. The fourth-order valence-electron chi connectivity index (χ4n) is 2.89. The first-order chi connectivity index (χ1) is 13.9. The van der Waals surface area contributed by atoms with Gasteiger partial charge in [0.1, 0.15) is 6.29 Å². The minimum absolute atomic E-state index is 0.109. The molecule has 0 atom stereocenters. The van der Waals surface area contributed by atoms with Gasteiger partial charge in [0, 0.05) is 12.2 Å². The molecule has 0 radical (unpaired) electrons. The monoisotopic (exact) mass is 434 g/mol. The molecular formula is C22H31N2O3PS. The van der Waals surface area contributed by atoms with Gasteiger partial charge < -0.3 is 19.3 Å². The third-order valence-corrected chi connectivity index (χ3v) is 6.91. The minimum Gasteiger partial charge on any atom is -0.337 e. The van der Waals surface area contributed by atoms with E-state index < -0.39 is 7.60 Å². The highest BCUT2D eigenvalue weighted by Crippen LogP contribution is 2.48. The van der Waals surface area contributed by atoms with Gasteiger partial charge >= 0.3 is 7.60 Å². The van der Waals surface area contributed by atoms with Gasteiger partial charge in [0.15, 0.2) is 5.11 Å². The Labute approximate surface area is 179 Å². The number of nitrogens with one attached hydrogen (secondary N) is 1. The SMILES string of the molecule is CCOP(=O)(CN(CCc1ccccc1)C(=S)Nc1ccc(C)c(C)c1)OCC. The fraction of sp³-hybridized carbons (Fsp3) is 0.409. The lowest BCUT2D eigenvalue weighted by Crippen LogP contribution is -2.37. The standard InChI is InChI=1S/C22H31N2O3PS/c1-5-26-28(25,27-6-2)17-24(15-14-20-10-8-7-9-11-20)22(29)23-21-13-12-18(3)19(4)16-21/h7-13,16H,5-6,14-15,17H2,1-4H3,(H,23,29). The number of thiocarbonyl (C=S) groups is 1. The second kappa shape index (κ2) is 11.5. The van der Waals surface area contributed by atoms with E-state index in [2.05, 4.69) is 43.4 Å². The summed E-state index contributed by atoms with van der Waals surface area (Å²) in [6.45, 7) is 9.00. The molecule has 0 bridgehead atoms. The third-order valence-electron chi connectivity index (χ3n) is 4.55. The molecule has 0 saturated carbocycles. The van der Waals surface area contributed by atoms with Crippen LogP contribution >= 0.6 is 19.8 Å². The molecule has 2 aromatic rings. The Kier molecular flexibility index (Phi) is 9.31. The summed E-state index contributed by atoms with van der Waals surface area (Å²) in [4.78, 5) is 1.88. The Hall–Kier alpha value is -1.72. The van der Waals surface area contributed by atoms with Gasteiger partial charge in [0.25, 0.3) is 0 Å². The smallest absolute Gasteiger partial charge is 0.337 e. The van der Waals surface area contributed by atoms with Crippen LogP contribution in [0, 0.1) is 13.8 Å². The summed E-state index contributed by atoms with van der Waals surface area (Å²) in [6, 6.07) is 16.3. The minimum atomic E-state index is -3.27. The molecule has 7 heteroatoms. The number of anilines is 1. The van der Waals surface area contributed by atoms with Gasteiger partial charge in [-0.15, -0.1) is 0 Å². The first kappa shape index (κ1) is 23.6. The van der Waals surface area contributed by atoms with Crippen LogP contribution in [0.4, 0.5) is 5.69 Å². The summed E-state index contributed by atoms with van der Waals surface area (Å²) in [7, 11) is -3.27. The molecule has 0 aliphatic carbocycles. The van der Waals surface area contributed by atoms with E-state index in [9.17, 15) is 4.57 Å². The van der Waals surface area contributed by atoms with Gasteiger partial charge in [0.2, 0.25) is 0 Å². The molecule has 29 heavy (non-hydrogen) atoms. The predicted octanol–water partition coefficient (Wildman–Crippen LogP) is 5.77. The number of aryl methyl sites for hydroxylation is 2. The van der Waals surface area contributed by atoms with Gasteiger partial charge in [-0.1, -0.05) is 36.4 Å². The van der Waals surface area contributed by atoms with Crippen LogP contribution < -0.4 is 5.32 Å². The van der Waals surface area contributed by atoms with Crippen molar-refractivity contribution in [3.05, 3.63) is 65.2 Å². The van der Waals surface area contributed by atoms with Crippen LogP contribution in [-0.2, 0) is 20.0 Å². The zero-order valence-electron chi connectivity index (χ0n) is 17.7. The first-order valence-corrected chi connectivity index (χ1v) is 12.1. The van der Waals surface area contributed by atoms with E-state index in [0.29, 0.717) is 24.9 Å². The van der Waals surface area contributed by atoms with Crippen LogP contribution in [-0.4, -0.2) is 36.1 Å². The van der Waals surface area contributed by atoms with Crippen molar-refractivity contribution >= 4 is 30.6 Å². The largest absolute Gasteiger partial charge is 0.349 e. The molecule has 2 aromatic carbocycles. The summed E-state index contributed by atoms with van der Waals surface area (Å²) < 4.78 is 24.1. The summed E-state index contributed by atoms with van der Waals surface area (Å²) >= 11 is 5.67. The van der Waals surface area contributed by atoms with Crippen molar-refractivity contribution in [3.8, 4) is 0 Å². The highest BCUT2D eigenvalue weighted by molar-refractivity contribution is 7.80. The maximum atomic E-state index is 13.1. The normalized spacial score (nSPS) is 11.3. The van der Waals surface area contributed by atoms with Gasteiger partial charge in [0.05, 0.1) is 13.2 Å². The lowest BCUT2D eigenvalue weighted by Gasteiger charge is -2.29. The van der Waals surface area contributed by atoms with Crippen LogP contribution in [0.3, 0.4) is 0 Å². The van der Waals surface area contributed by atoms with Gasteiger partial charge in [-0.05, 0) is 75.2 Å². The van der Waals surface area contributed by atoms with Crippen molar-refractivity contribution in [3.63, 3.8) is 0 Å². The highest BCUT2D eigenvalue weighted by atomic mass is 32.1. The van der Waals surface area contributed by atoms with Crippen molar-refractivity contribution in [2.45, 2.75) is 34.1 Å². The molecule has 0 spiro atoms. The van der Waals surface area contributed by atoms with E-state index >= 15 is 0 Å². The number of rotatable bonds is 10. The van der Waals surface area contributed by atoms with Gasteiger partial charge in [-0.2, -0.15) is 0 Å². The third kappa shape index (κ3) is 7.56. The number of hydrogen-bond donors (Lipinski definition) is 1. The van der Waals surface area contributed by atoms with Crippen LogP contribution in [0.1, 0.15) is 30.5 Å². The molecule has 0 amide bonds. The van der Waals surface area contributed by atoms with Crippen molar-refractivity contribution in [2.24, 2.45) is 0 Å². The van der Waals surface area contributed by atoms with E-state index in [-0.39, 0.29) is 6.29 Å².